The summed E-state index contributed by atoms with van der Waals surface area (Å²) < 4.78 is 0. The van der Waals surface area contributed by atoms with Crippen LogP contribution in [0.1, 0.15) is 41.2 Å². The summed E-state index contributed by atoms with van der Waals surface area (Å²) in [5.74, 6) is -1.10. The lowest BCUT2D eigenvalue weighted by Crippen LogP contribution is -2.31. The molecule has 1 atom stereocenters. The van der Waals surface area contributed by atoms with Gasteiger partial charge in [-0.1, -0.05) is 13.3 Å². The highest BCUT2D eigenvalue weighted by Gasteiger charge is 2.11. The van der Waals surface area contributed by atoms with Crippen molar-refractivity contribution in [2.45, 2.75) is 32.7 Å². The number of thiophene rings is 1. The van der Waals surface area contributed by atoms with Crippen LogP contribution in [0.4, 0.5) is 0 Å². The van der Waals surface area contributed by atoms with Crippen LogP contribution in [0.2, 0.25) is 0 Å². The quantitative estimate of drug-likeness (QED) is 0.779. The molecule has 18 heavy (non-hydrogen) atoms. The highest BCUT2D eigenvalue weighted by Crippen LogP contribution is 2.18. The van der Waals surface area contributed by atoms with Crippen molar-refractivity contribution in [1.29, 1.82) is 0 Å². The van der Waals surface area contributed by atoms with Gasteiger partial charge in [0.15, 0.2) is 0 Å². The number of carboxylic acid groups (broad SMARTS) is 1. The van der Waals surface area contributed by atoms with Gasteiger partial charge in [-0.3, -0.25) is 4.79 Å². The van der Waals surface area contributed by atoms with Crippen LogP contribution in [0.15, 0.2) is 18.2 Å². The van der Waals surface area contributed by atoms with E-state index >= 15 is 0 Å². The van der Waals surface area contributed by atoms with Gasteiger partial charge in [0.1, 0.15) is 0 Å². The Morgan fingerprint density at radius 1 is 1.50 bits per heavy atom. The molecule has 0 aliphatic rings. The normalized spacial score (nSPS) is 12.6. The fourth-order valence-electron chi connectivity index (χ4n) is 1.52. The number of amides is 1. The van der Waals surface area contributed by atoms with Gasteiger partial charge in [0.25, 0.3) is 5.91 Å². The summed E-state index contributed by atoms with van der Waals surface area (Å²) in [6.45, 7) is 4.04. The van der Waals surface area contributed by atoms with Crippen molar-refractivity contribution in [3.63, 3.8) is 0 Å². The number of carbonyl (C=O) groups is 2. The molecule has 0 aromatic carbocycles. The van der Waals surface area contributed by atoms with Crippen LogP contribution in [0.5, 0.6) is 0 Å². The molecule has 5 heteroatoms. The zero-order valence-corrected chi connectivity index (χ0v) is 11.3. The molecule has 1 heterocycles. The summed E-state index contributed by atoms with van der Waals surface area (Å²) >= 11 is 1.28. The minimum absolute atomic E-state index is 0.101. The molecule has 0 saturated heterocycles. The highest BCUT2D eigenvalue weighted by molar-refractivity contribution is 7.14. The van der Waals surface area contributed by atoms with E-state index in [-0.39, 0.29) is 11.9 Å². The summed E-state index contributed by atoms with van der Waals surface area (Å²) in [4.78, 5) is 23.6. The van der Waals surface area contributed by atoms with Gasteiger partial charge in [0.05, 0.1) is 4.88 Å². The van der Waals surface area contributed by atoms with E-state index in [1.165, 1.54) is 17.4 Å². The molecule has 0 fully saturated rings. The van der Waals surface area contributed by atoms with Crippen LogP contribution < -0.4 is 5.32 Å². The van der Waals surface area contributed by atoms with E-state index in [0.29, 0.717) is 4.88 Å². The first kappa shape index (κ1) is 14.4. The van der Waals surface area contributed by atoms with Gasteiger partial charge in [-0.2, -0.15) is 0 Å². The predicted molar refractivity (Wildman–Crippen MR) is 72.8 cm³/mol. The summed E-state index contributed by atoms with van der Waals surface area (Å²) in [5.41, 5.74) is 0. The monoisotopic (exact) mass is 267 g/mol. The molecule has 1 aromatic heterocycles. The van der Waals surface area contributed by atoms with Gasteiger partial charge < -0.3 is 10.4 Å². The van der Waals surface area contributed by atoms with Crippen molar-refractivity contribution in [3.05, 3.63) is 28.0 Å². The Bertz CT molecular complexity index is 451. The number of carbonyl (C=O) groups excluding carboxylic acids is 1. The third-order valence-electron chi connectivity index (χ3n) is 2.34. The van der Waals surface area contributed by atoms with Gasteiger partial charge in [-0.15, -0.1) is 11.3 Å². The molecule has 0 bridgehead atoms. The molecule has 1 aromatic rings. The minimum atomic E-state index is -0.994. The predicted octanol–water partition coefficient (Wildman–Crippen LogP) is 2.76. The van der Waals surface area contributed by atoms with Crippen LogP contribution in [0.3, 0.4) is 0 Å². The number of carboxylic acids is 1. The third-order valence-corrected chi connectivity index (χ3v) is 3.39. The van der Waals surface area contributed by atoms with Crippen molar-refractivity contribution >= 4 is 29.3 Å². The summed E-state index contributed by atoms with van der Waals surface area (Å²) in [7, 11) is 0. The molecule has 0 spiro atoms. The Labute approximate surface area is 110 Å². The Morgan fingerprint density at radius 3 is 2.83 bits per heavy atom. The molecule has 1 unspecified atom stereocenters. The largest absolute Gasteiger partial charge is 0.478 e. The lowest BCUT2D eigenvalue weighted by Gasteiger charge is -2.11. The first-order valence-electron chi connectivity index (χ1n) is 5.84. The highest BCUT2D eigenvalue weighted by atomic mass is 32.1. The Balaban J connectivity index is 2.62. The molecule has 2 N–H and O–H groups in total. The van der Waals surface area contributed by atoms with Crippen molar-refractivity contribution in [2.24, 2.45) is 0 Å². The van der Waals surface area contributed by atoms with E-state index < -0.39 is 5.97 Å². The lowest BCUT2D eigenvalue weighted by atomic mass is 10.2. The van der Waals surface area contributed by atoms with Crippen LogP contribution in [-0.2, 0) is 4.79 Å². The van der Waals surface area contributed by atoms with Crippen molar-refractivity contribution < 1.29 is 14.7 Å². The van der Waals surface area contributed by atoms with Crippen molar-refractivity contribution in [2.75, 3.05) is 0 Å². The fraction of sp³-hybridized carbons (Fsp3) is 0.385. The third kappa shape index (κ3) is 4.71. The number of rotatable bonds is 6. The van der Waals surface area contributed by atoms with E-state index in [9.17, 15) is 9.59 Å². The maximum Gasteiger partial charge on any atom is 0.328 e. The molecule has 0 radical (unpaired) electrons. The van der Waals surface area contributed by atoms with E-state index in [4.69, 9.17) is 5.11 Å². The second kappa shape index (κ2) is 6.96. The average molecular weight is 267 g/mol. The Morgan fingerprint density at radius 2 is 2.22 bits per heavy atom. The Kier molecular flexibility index (Phi) is 5.58. The number of nitrogens with one attached hydrogen (secondary N) is 1. The summed E-state index contributed by atoms with van der Waals surface area (Å²) in [6, 6.07) is 3.60. The van der Waals surface area contributed by atoms with Gasteiger partial charge in [0.2, 0.25) is 0 Å². The second-order valence-electron chi connectivity index (χ2n) is 4.04. The smallest absolute Gasteiger partial charge is 0.328 e. The zero-order valence-electron chi connectivity index (χ0n) is 10.5. The van der Waals surface area contributed by atoms with Gasteiger partial charge in [-0.05, 0) is 31.6 Å². The standard InChI is InChI=1S/C13H17NO3S/c1-3-4-9(2)14-13(17)11-7-5-10(18-11)6-8-12(15)16/h5-9H,3-4H2,1-2H3,(H,14,17)(H,15,16). The number of aliphatic carboxylic acids is 1. The zero-order chi connectivity index (χ0) is 13.5. The van der Waals surface area contributed by atoms with Crippen molar-refractivity contribution in [1.82, 2.24) is 5.32 Å². The van der Waals surface area contributed by atoms with Crippen LogP contribution >= 0.6 is 11.3 Å². The topological polar surface area (TPSA) is 66.4 Å². The van der Waals surface area contributed by atoms with Gasteiger partial charge >= 0.3 is 5.97 Å². The molecule has 98 valence electrons. The van der Waals surface area contributed by atoms with E-state index in [0.717, 1.165) is 23.8 Å². The molecule has 1 rings (SSSR count). The van der Waals surface area contributed by atoms with Crippen LogP contribution in [0.25, 0.3) is 6.08 Å². The second-order valence-corrected chi connectivity index (χ2v) is 5.15. The maximum absolute atomic E-state index is 11.8. The summed E-state index contributed by atoms with van der Waals surface area (Å²) in [6.07, 6.45) is 4.52. The molecule has 1 amide bonds. The number of hydrogen-bond donors (Lipinski definition) is 2. The van der Waals surface area contributed by atoms with E-state index in [2.05, 4.69) is 12.2 Å². The molecule has 0 aliphatic carbocycles. The average Bonchev–Trinajstić information content (AvgIpc) is 2.75. The van der Waals surface area contributed by atoms with Gasteiger partial charge in [-0.25, -0.2) is 4.79 Å². The molecular formula is C13H17NO3S. The van der Waals surface area contributed by atoms with E-state index in [1.807, 2.05) is 6.92 Å². The van der Waals surface area contributed by atoms with Crippen LogP contribution in [-0.4, -0.2) is 23.0 Å². The summed E-state index contributed by atoms with van der Waals surface area (Å²) in [5, 5.41) is 11.4. The maximum atomic E-state index is 11.8. The molecular weight excluding hydrogens is 250 g/mol. The SMILES string of the molecule is CCCC(C)NC(=O)c1ccc(C=CC(=O)O)s1. The molecule has 0 saturated carbocycles. The van der Waals surface area contributed by atoms with E-state index in [1.54, 1.807) is 12.1 Å². The Hall–Kier alpha value is -1.62. The van der Waals surface area contributed by atoms with Crippen LogP contribution in [0, 0.1) is 0 Å². The lowest BCUT2D eigenvalue weighted by molar-refractivity contribution is -0.131. The van der Waals surface area contributed by atoms with Crippen molar-refractivity contribution in [3.8, 4) is 0 Å². The fourth-order valence-corrected chi connectivity index (χ4v) is 2.33. The van der Waals surface area contributed by atoms with Gasteiger partial charge in [0, 0.05) is 17.0 Å². The first-order chi connectivity index (χ1) is 8.52. The molecule has 0 aliphatic heterocycles. The first-order valence-corrected chi connectivity index (χ1v) is 6.66. The minimum Gasteiger partial charge on any atom is -0.478 e. The number of hydrogen-bond acceptors (Lipinski definition) is 3. The molecule has 4 nitrogen and oxygen atoms in total.